The maximum Gasteiger partial charge on any atom is 0.340 e. The van der Waals surface area contributed by atoms with Gasteiger partial charge in [0.25, 0.3) is 0 Å². The smallest absolute Gasteiger partial charge is 0.340 e. The molecule has 0 saturated carbocycles. The Labute approximate surface area is 110 Å². The van der Waals surface area contributed by atoms with Crippen molar-refractivity contribution < 1.29 is 9.53 Å². The van der Waals surface area contributed by atoms with Crippen LogP contribution < -0.4 is 0 Å². The summed E-state index contributed by atoms with van der Waals surface area (Å²) in [6, 6.07) is 15.3. The molecular formula is C15H11ClO2. The highest BCUT2D eigenvalue weighted by molar-refractivity contribution is 6.33. The van der Waals surface area contributed by atoms with E-state index in [1.54, 1.807) is 6.07 Å². The lowest BCUT2D eigenvalue weighted by molar-refractivity contribution is 0.0253. The summed E-state index contributed by atoms with van der Waals surface area (Å²) in [5.74, 6) is -0.337. The summed E-state index contributed by atoms with van der Waals surface area (Å²) in [6.07, 6.45) is 0.454. The first-order valence-corrected chi connectivity index (χ1v) is 6.17. The normalized spacial score (nSPS) is 18.1. The van der Waals surface area contributed by atoms with Gasteiger partial charge in [-0.2, -0.15) is 0 Å². The lowest BCUT2D eigenvalue weighted by Gasteiger charge is -2.25. The summed E-state index contributed by atoms with van der Waals surface area (Å²) in [6.45, 7) is 0. The summed E-state index contributed by atoms with van der Waals surface area (Å²) >= 11 is 6.03. The Morgan fingerprint density at radius 3 is 2.61 bits per heavy atom. The predicted molar refractivity (Wildman–Crippen MR) is 69.8 cm³/mol. The van der Waals surface area contributed by atoms with E-state index in [-0.39, 0.29) is 12.1 Å². The van der Waals surface area contributed by atoms with Crippen LogP contribution in [0.15, 0.2) is 48.5 Å². The molecule has 0 spiro atoms. The molecule has 0 N–H and O–H groups in total. The third kappa shape index (κ3) is 1.89. The molecule has 3 heteroatoms. The fourth-order valence-corrected chi connectivity index (χ4v) is 2.52. The van der Waals surface area contributed by atoms with Crippen LogP contribution in [0.25, 0.3) is 0 Å². The van der Waals surface area contributed by atoms with Crippen LogP contribution in [0.1, 0.15) is 27.6 Å². The highest BCUT2D eigenvalue weighted by Crippen LogP contribution is 2.33. The summed E-state index contributed by atoms with van der Waals surface area (Å²) in [7, 11) is 0. The van der Waals surface area contributed by atoms with Gasteiger partial charge in [0.05, 0.1) is 10.6 Å². The van der Waals surface area contributed by atoms with E-state index in [4.69, 9.17) is 16.3 Å². The van der Waals surface area contributed by atoms with Gasteiger partial charge >= 0.3 is 5.97 Å². The molecule has 0 aromatic heterocycles. The standard InChI is InChI=1S/C15H11ClO2/c16-12-8-4-7-11-9-13(18-15(17)14(11)12)10-5-2-1-3-6-10/h1-8,13H,9H2/t13-/m1/s1. The van der Waals surface area contributed by atoms with Crippen LogP contribution in [0.3, 0.4) is 0 Å². The topological polar surface area (TPSA) is 26.3 Å². The van der Waals surface area contributed by atoms with Crippen molar-refractivity contribution in [2.45, 2.75) is 12.5 Å². The van der Waals surface area contributed by atoms with Crippen LogP contribution >= 0.6 is 11.6 Å². The predicted octanol–water partition coefficient (Wildman–Crippen LogP) is 3.79. The minimum Gasteiger partial charge on any atom is -0.453 e. The van der Waals surface area contributed by atoms with Crippen molar-refractivity contribution in [3.05, 3.63) is 70.2 Å². The number of carbonyl (C=O) groups excluding carboxylic acids is 1. The lowest BCUT2D eigenvalue weighted by Crippen LogP contribution is -2.22. The second kappa shape index (κ2) is 4.46. The Morgan fingerprint density at radius 2 is 1.83 bits per heavy atom. The molecular weight excluding hydrogens is 248 g/mol. The van der Waals surface area contributed by atoms with E-state index in [0.717, 1.165) is 11.1 Å². The third-order valence-corrected chi connectivity index (χ3v) is 3.44. The molecule has 0 unspecified atom stereocenters. The van der Waals surface area contributed by atoms with Crippen LogP contribution in [-0.2, 0) is 11.2 Å². The number of cyclic esters (lactones) is 1. The largest absolute Gasteiger partial charge is 0.453 e. The molecule has 0 radical (unpaired) electrons. The SMILES string of the molecule is O=C1O[C@@H](c2ccccc2)Cc2cccc(Cl)c21. The Bertz CT molecular complexity index is 593. The van der Waals surface area contributed by atoms with E-state index >= 15 is 0 Å². The quantitative estimate of drug-likeness (QED) is 0.728. The van der Waals surface area contributed by atoms with E-state index in [1.807, 2.05) is 42.5 Å². The fourth-order valence-electron chi connectivity index (χ4n) is 2.25. The van der Waals surface area contributed by atoms with Gasteiger partial charge in [-0.15, -0.1) is 0 Å². The Balaban J connectivity index is 2.00. The molecule has 1 aliphatic rings. The van der Waals surface area contributed by atoms with E-state index in [2.05, 4.69) is 0 Å². The highest BCUT2D eigenvalue weighted by atomic mass is 35.5. The van der Waals surface area contributed by atoms with Crippen molar-refractivity contribution in [1.82, 2.24) is 0 Å². The number of hydrogen-bond donors (Lipinski definition) is 0. The average Bonchev–Trinajstić information content (AvgIpc) is 2.39. The van der Waals surface area contributed by atoms with Gasteiger partial charge in [0.1, 0.15) is 6.10 Å². The zero-order chi connectivity index (χ0) is 12.5. The lowest BCUT2D eigenvalue weighted by atomic mass is 9.95. The Hall–Kier alpha value is -1.80. The number of esters is 1. The van der Waals surface area contributed by atoms with Crippen molar-refractivity contribution in [3.63, 3.8) is 0 Å². The van der Waals surface area contributed by atoms with Crippen LogP contribution in [-0.4, -0.2) is 5.97 Å². The van der Waals surface area contributed by atoms with Crippen molar-refractivity contribution in [2.24, 2.45) is 0 Å². The number of hydrogen-bond acceptors (Lipinski definition) is 2. The van der Waals surface area contributed by atoms with Crippen LogP contribution in [0.4, 0.5) is 0 Å². The van der Waals surface area contributed by atoms with Crippen LogP contribution in [0.5, 0.6) is 0 Å². The van der Waals surface area contributed by atoms with E-state index < -0.39 is 0 Å². The average molecular weight is 259 g/mol. The molecule has 2 aromatic rings. The number of carbonyl (C=O) groups is 1. The van der Waals surface area contributed by atoms with Gasteiger partial charge in [0.2, 0.25) is 0 Å². The first-order valence-electron chi connectivity index (χ1n) is 5.79. The van der Waals surface area contributed by atoms with E-state index in [9.17, 15) is 4.79 Å². The third-order valence-electron chi connectivity index (χ3n) is 3.13. The number of halogens is 1. The zero-order valence-corrected chi connectivity index (χ0v) is 10.4. The van der Waals surface area contributed by atoms with E-state index in [1.165, 1.54) is 0 Å². The maximum absolute atomic E-state index is 12.0. The minimum atomic E-state index is -0.337. The highest BCUT2D eigenvalue weighted by Gasteiger charge is 2.28. The van der Waals surface area contributed by atoms with Crippen LogP contribution in [0.2, 0.25) is 5.02 Å². The summed E-state index contributed by atoms with van der Waals surface area (Å²) in [5, 5.41) is 0.462. The minimum absolute atomic E-state index is 0.218. The monoisotopic (exact) mass is 258 g/mol. The molecule has 2 aromatic carbocycles. The summed E-state index contributed by atoms with van der Waals surface area (Å²) < 4.78 is 5.46. The van der Waals surface area contributed by atoms with Crippen molar-refractivity contribution in [1.29, 1.82) is 0 Å². The van der Waals surface area contributed by atoms with Gasteiger partial charge in [-0.25, -0.2) is 4.79 Å². The van der Waals surface area contributed by atoms with Gasteiger partial charge in [-0.1, -0.05) is 54.1 Å². The van der Waals surface area contributed by atoms with Gasteiger partial charge in [0.15, 0.2) is 0 Å². The van der Waals surface area contributed by atoms with Crippen LogP contribution in [0, 0.1) is 0 Å². The second-order valence-electron chi connectivity index (χ2n) is 4.28. The molecule has 0 fully saturated rings. The molecule has 90 valence electrons. The van der Waals surface area contributed by atoms with Gasteiger partial charge in [-0.05, 0) is 17.2 Å². The van der Waals surface area contributed by atoms with E-state index in [0.29, 0.717) is 17.0 Å². The van der Waals surface area contributed by atoms with Crippen molar-refractivity contribution in [2.75, 3.05) is 0 Å². The molecule has 1 atom stereocenters. The molecule has 3 rings (SSSR count). The molecule has 1 heterocycles. The molecule has 0 amide bonds. The Kier molecular flexibility index (Phi) is 2.80. The first-order chi connectivity index (χ1) is 8.75. The van der Waals surface area contributed by atoms with Gasteiger partial charge < -0.3 is 4.74 Å². The summed E-state index contributed by atoms with van der Waals surface area (Å²) in [5.41, 5.74) is 2.47. The molecule has 0 saturated heterocycles. The fraction of sp³-hybridized carbons (Fsp3) is 0.133. The molecule has 0 bridgehead atoms. The number of rotatable bonds is 1. The number of ether oxygens (including phenoxy) is 1. The van der Waals surface area contributed by atoms with Crippen molar-refractivity contribution in [3.8, 4) is 0 Å². The van der Waals surface area contributed by atoms with Gasteiger partial charge in [0, 0.05) is 6.42 Å². The molecule has 2 nitrogen and oxygen atoms in total. The van der Waals surface area contributed by atoms with Crippen molar-refractivity contribution >= 4 is 17.6 Å². The molecule has 1 aliphatic heterocycles. The van der Waals surface area contributed by atoms with Gasteiger partial charge in [-0.3, -0.25) is 0 Å². The number of fused-ring (bicyclic) bond motifs is 1. The zero-order valence-electron chi connectivity index (χ0n) is 9.60. The second-order valence-corrected chi connectivity index (χ2v) is 4.69. The first kappa shape index (κ1) is 11.3. The Morgan fingerprint density at radius 1 is 1.06 bits per heavy atom. The maximum atomic E-state index is 12.0. The number of benzene rings is 2. The summed E-state index contributed by atoms with van der Waals surface area (Å²) in [4.78, 5) is 12.0. The molecule has 18 heavy (non-hydrogen) atoms. The molecule has 0 aliphatic carbocycles.